The fourth-order valence-corrected chi connectivity index (χ4v) is 4.25. The van der Waals surface area contributed by atoms with Crippen molar-refractivity contribution in [2.24, 2.45) is 0 Å². The number of hydrogen-bond donors (Lipinski definition) is 9. The summed E-state index contributed by atoms with van der Waals surface area (Å²) in [5, 5.41) is 88.5. The number of phosphoric ester groups is 1. The average molecular weight is 512 g/mol. The molecular weight excluding hydrogens is 491 g/mol. The molecule has 13 nitrogen and oxygen atoms in total. The molecule has 0 atom stereocenters. The summed E-state index contributed by atoms with van der Waals surface area (Å²) in [6, 6.07) is 2.34. The monoisotopic (exact) mass is 512 g/mol. The molecule has 35 heavy (non-hydrogen) atoms. The number of hydrogen-bond acceptors (Lipinski definition) is 13. The van der Waals surface area contributed by atoms with E-state index in [2.05, 4.69) is 0 Å². The van der Waals surface area contributed by atoms with Gasteiger partial charge in [-0.15, -0.1) is 0 Å². The Morgan fingerprint density at radius 3 is 0.943 bits per heavy atom. The molecule has 0 aromatic heterocycles. The van der Waals surface area contributed by atoms with E-state index in [1.54, 1.807) is 0 Å². The highest BCUT2D eigenvalue weighted by Gasteiger charge is 2.37. The third-order valence-electron chi connectivity index (χ3n) is 5.01. The molecule has 0 aliphatic heterocycles. The number of phosphoric acid groups is 1. The van der Waals surface area contributed by atoms with E-state index in [-0.39, 0.29) is 16.7 Å². The van der Waals surface area contributed by atoms with Crippen molar-refractivity contribution in [2.75, 3.05) is 0 Å². The van der Waals surface area contributed by atoms with Crippen molar-refractivity contribution in [1.82, 2.24) is 0 Å². The third-order valence-corrected chi connectivity index (χ3v) is 6.27. The molecule has 0 amide bonds. The normalized spacial score (nSPS) is 11.3. The summed E-state index contributed by atoms with van der Waals surface area (Å²) in [7, 11) is -5.04. The van der Waals surface area contributed by atoms with Gasteiger partial charge in [0.15, 0.2) is 34.5 Å². The Morgan fingerprint density at radius 2 is 0.714 bits per heavy atom. The molecule has 0 fully saturated rings. The number of phenolic OH excluding ortho intramolecular Hbond substituents is 9. The number of benzene rings is 3. The smallest absolute Gasteiger partial charge is 0.504 e. The van der Waals surface area contributed by atoms with E-state index in [4.69, 9.17) is 13.6 Å². The Labute approximate surface area is 197 Å². The third kappa shape index (κ3) is 4.49. The minimum Gasteiger partial charge on any atom is -0.504 e. The standard InChI is InChI=1S/C21H21O13P/c1-7-13(4-10(22)19(28)16(7)25)32-35(31,33-14-5-11(23)20(29)17(26)8(14)2)34-15-6-12(24)21(30)18(27)9(15)3/h4-6,22-30H,1-3H3. The van der Waals surface area contributed by atoms with E-state index in [1.165, 1.54) is 20.8 Å². The van der Waals surface area contributed by atoms with Crippen molar-refractivity contribution in [3.05, 3.63) is 34.9 Å². The van der Waals surface area contributed by atoms with Gasteiger partial charge >= 0.3 is 7.82 Å². The molecule has 0 bridgehead atoms. The maximum absolute atomic E-state index is 13.8. The van der Waals surface area contributed by atoms with E-state index in [0.29, 0.717) is 0 Å². The summed E-state index contributed by atoms with van der Waals surface area (Å²) in [6.07, 6.45) is 0. The highest BCUT2D eigenvalue weighted by molar-refractivity contribution is 7.49. The first-order valence-corrected chi connectivity index (χ1v) is 11.0. The highest BCUT2D eigenvalue weighted by atomic mass is 31.2. The maximum atomic E-state index is 13.8. The Bertz CT molecular complexity index is 1220. The van der Waals surface area contributed by atoms with Crippen LogP contribution in [-0.4, -0.2) is 46.0 Å². The zero-order chi connectivity index (χ0) is 26.4. The van der Waals surface area contributed by atoms with Crippen molar-refractivity contribution in [1.29, 1.82) is 0 Å². The van der Waals surface area contributed by atoms with Crippen LogP contribution in [0.25, 0.3) is 0 Å². The van der Waals surface area contributed by atoms with Crippen molar-refractivity contribution >= 4 is 7.82 Å². The average Bonchev–Trinajstić information content (AvgIpc) is 2.80. The lowest BCUT2D eigenvalue weighted by Crippen LogP contribution is -2.09. The zero-order valence-corrected chi connectivity index (χ0v) is 19.2. The van der Waals surface area contributed by atoms with Crippen LogP contribution >= 0.6 is 7.82 Å². The largest absolute Gasteiger partial charge is 0.647 e. The van der Waals surface area contributed by atoms with Gasteiger partial charge in [-0.2, -0.15) is 4.57 Å². The van der Waals surface area contributed by atoms with Crippen LogP contribution in [0.1, 0.15) is 16.7 Å². The second kappa shape index (κ2) is 8.69. The first-order valence-electron chi connectivity index (χ1n) is 9.59. The van der Waals surface area contributed by atoms with Crippen LogP contribution in [0.15, 0.2) is 18.2 Å². The quantitative estimate of drug-likeness (QED) is 0.170. The molecular formula is C21H21O13P. The molecule has 0 unspecified atom stereocenters. The van der Waals surface area contributed by atoms with Crippen molar-refractivity contribution in [3.63, 3.8) is 0 Å². The molecule has 14 heteroatoms. The van der Waals surface area contributed by atoms with Gasteiger partial charge in [0, 0.05) is 34.9 Å². The second-order valence-electron chi connectivity index (χ2n) is 7.37. The van der Waals surface area contributed by atoms with Gasteiger partial charge in [-0.25, -0.2) is 0 Å². The van der Waals surface area contributed by atoms with Gasteiger partial charge in [-0.05, 0) is 20.8 Å². The van der Waals surface area contributed by atoms with Gasteiger partial charge in [-0.3, -0.25) is 0 Å². The first kappa shape index (κ1) is 25.1. The van der Waals surface area contributed by atoms with Crippen LogP contribution in [0.4, 0.5) is 0 Å². The molecule has 0 spiro atoms. The highest BCUT2D eigenvalue weighted by Crippen LogP contribution is 2.57. The van der Waals surface area contributed by atoms with Gasteiger partial charge in [0.1, 0.15) is 17.2 Å². The Kier molecular flexibility index (Phi) is 6.24. The van der Waals surface area contributed by atoms with Crippen LogP contribution in [-0.2, 0) is 4.57 Å². The van der Waals surface area contributed by atoms with Crippen LogP contribution in [0.3, 0.4) is 0 Å². The summed E-state index contributed by atoms with van der Waals surface area (Å²) in [6.45, 7) is 3.67. The van der Waals surface area contributed by atoms with E-state index < -0.39 is 76.8 Å². The van der Waals surface area contributed by atoms with Crippen LogP contribution < -0.4 is 13.6 Å². The number of aromatic hydroxyl groups is 9. The van der Waals surface area contributed by atoms with E-state index >= 15 is 0 Å². The summed E-state index contributed by atoms with van der Waals surface area (Å²) >= 11 is 0. The molecule has 0 aliphatic carbocycles. The van der Waals surface area contributed by atoms with Crippen LogP contribution in [0, 0.1) is 20.8 Å². The molecule has 0 heterocycles. The minimum absolute atomic E-state index is 0.214. The van der Waals surface area contributed by atoms with Gasteiger partial charge in [0.05, 0.1) is 0 Å². The van der Waals surface area contributed by atoms with E-state index in [9.17, 15) is 50.5 Å². The van der Waals surface area contributed by atoms with Gasteiger partial charge in [-0.1, -0.05) is 0 Å². The van der Waals surface area contributed by atoms with Gasteiger partial charge in [0.25, 0.3) is 0 Å². The molecule has 9 N–H and O–H groups in total. The van der Waals surface area contributed by atoms with Crippen LogP contribution in [0.2, 0.25) is 0 Å². The molecule has 3 aromatic rings. The fourth-order valence-electron chi connectivity index (χ4n) is 2.85. The molecule has 0 saturated carbocycles. The minimum atomic E-state index is -5.04. The summed E-state index contributed by atoms with van der Waals surface area (Å²) in [4.78, 5) is 0. The van der Waals surface area contributed by atoms with Crippen molar-refractivity contribution < 1.29 is 64.1 Å². The lowest BCUT2D eigenvalue weighted by atomic mass is 10.2. The topological polar surface area (TPSA) is 227 Å². The molecule has 3 rings (SSSR count). The van der Waals surface area contributed by atoms with Crippen LogP contribution in [0.5, 0.6) is 69.0 Å². The Balaban J connectivity index is 2.18. The van der Waals surface area contributed by atoms with Crippen molar-refractivity contribution in [2.45, 2.75) is 20.8 Å². The van der Waals surface area contributed by atoms with Crippen molar-refractivity contribution in [3.8, 4) is 69.0 Å². The number of rotatable bonds is 6. The SMILES string of the molecule is Cc1c(OP(=O)(Oc2cc(O)c(O)c(O)c2C)Oc2cc(O)c(O)c(O)c2C)cc(O)c(O)c1O. The lowest BCUT2D eigenvalue weighted by Gasteiger charge is -2.23. The van der Waals surface area contributed by atoms with E-state index in [0.717, 1.165) is 18.2 Å². The van der Waals surface area contributed by atoms with Gasteiger partial charge in [0.2, 0.25) is 17.2 Å². The van der Waals surface area contributed by atoms with Gasteiger partial charge < -0.3 is 59.5 Å². The molecule has 0 radical (unpaired) electrons. The zero-order valence-electron chi connectivity index (χ0n) is 18.3. The van der Waals surface area contributed by atoms with E-state index in [1.807, 2.05) is 0 Å². The maximum Gasteiger partial charge on any atom is 0.647 e. The summed E-state index contributed by atoms with van der Waals surface area (Å²) in [5.74, 6) is -9.22. The molecule has 3 aromatic carbocycles. The molecule has 188 valence electrons. The Hall–Kier alpha value is -4.51. The first-order chi connectivity index (χ1) is 16.2. The predicted molar refractivity (Wildman–Crippen MR) is 118 cm³/mol. The summed E-state index contributed by atoms with van der Waals surface area (Å²) < 4.78 is 29.7. The Morgan fingerprint density at radius 1 is 0.486 bits per heavy atom. The number of phenols is 9. The lowest BCUT2D eigenvalue weighted by molar-refractivity contribution is 0.289. The molecule has 0 saturated heterocycles. The second-order valence-corrected chi connectivity index (χ2v) is 8.81. The molecule has 0 aliphatic rings. The predicted octanol–water partition coefficient (Wildman–Crippen LogP) is 3.61. The summed E-state index contributed by atoms with van der Waals surface area (Å²) in [5.41, 5.74) is -0.642. The fraction of sp³-hybridized carbons (Fsp3) is 0.143.